The highest BCUT2D eigenvalue weighted by molar-refractivity contribution is 5.34. The van der Waals surface area contributed by atoms with Gasteiger partial charge in [-0.15, -0.1) is 0 Å². The highest BCUT2D eigenvalue weighted by Gasteiger charge is 2.26. The van der Waals surface area contributed by atoms with Gasteiger partial charge in [0.15, 0.2) is 0 Å². The molecule has 0 bridgehead atoms. The minimum absolute atomic E-state index is 0.0205. The molecule has 1 aliphatic carbocycles. The molecule has 1 aliphatic rings. The predicted molar refractivity (Wildman–Crippen MR) is 66.1 cm³/mol. The van der Waals surface area contributed by atoms with Gasteiger partial charge in [-0.1, -0.05) is 6.42 Å². The summed E-state index contributed by atoms with van der Waals surface area (Å²) >= 11 is 0. The monoisotopic (exact) mass is 266 g/mol. The predicted octanol–water partition coefficient (Wildman–Crippen LogP) is 2.09. The molecule has 0 amide bonds. The molecular formula is C14H16F2N2O. The summed E-state index contributed by atoms with van der Waals surface area (Å²) in [6.45, 7) is 0.167. The molecule has 0 aliphatic heterocycles. The average molecular weight is 266 g/mol. The first-order valence-corrected chi connectivity index (χ1v) is 6.38. The molecule has 2 N–H and O–H groups in total. The second kappa shape index (κ2) is 6.09. The Morgan fingerprint density at radius 3 is 2.58 bits per heavy atom. The van der Waals surface area contributed by atoms with Crippen molar-refractivity contribution in [2.24, 2.45) is 5.92 Å². The minimum Gasteiger partial charge on any atom is -0.396 e. The van der Waals surface area contributed by atoms with Crippen LogP contribution in [0.25, 0.3) is 0 Å². The van der Waals surface area contributed by atoms with Crippen molar-refractivity contribution in [1.29, 1.82) is 5.26 Å². The molecule has 1 saturated carbocycles. The van der Waals surface area contributed by atoms with Crippen molar-refractivity contribution in [3.8, 4) is 6.07 Å². The standard InChI is InChI=1S/C14H16F2N2O/c15-12-4-9(6-17)5-13(16)11(12)7-18-14-3-1-2-10(14)8-19/h4-5,10,14,18-19H,1-3,7-8H2. The Morgan fingerprint density at radius 1 is 1.32 bits per heavy atom. The quantitative estimate of drug-likeness (QED) is 0.877. The summed E-state index contributed by atoms with van der Waals surface area (Å²) in [5.74, 6) is -1.25. The van der Waals surface area contributed by atoms with Crippen molar-refractivity contribution in [3.05, 3.63) is 34.9 Å². The van der Waals surface area contributed by atoms with Crippen LogP contribution < -0.4 is 5.32 Å². The third kappa shape index (κ3) is 3.09. The van der Waals surface area contributed by atoms with Gasteiger partial charge < -0.3 is 10.4 Å². The molecule has 0 spiro atoms. The van der Waals surface area contributed by atoms with Crippen LogP contribution in [0.1, 0.15) is 30.4 Å². The second-order valence-corrected chi connectivity index (χ2v) is 4.89. The molecule has 2 atom stereocenters. The Labute approximate surface area is 110 Å². The molecule has 0 radical (unpaired) electrons. The molecule has 5 heteroatoms. The fraction of sp³-hybridized carbons (Fsp3) is 0.500. The van der Waals surface area contributed by atoms with Crippen molar-refractivity contribution in [2.45, 2.75) is 31.8 Å². The van der Waals surface area contributed by atoms with E-state index in [2.05, 4.69) is 5.32 Å². The third-order valence-electron chi connectivity index (χ3n) is 3.70. The highest BCUT2D eigenvalue weighted by atomic mass is 19.1. The summed E-state index contributed by atoms with van der Waals surface area (Å²) in [7, 11) is 0. The summed E-state index contributed by atoms with van der Waals surface area (Å²) in [6, 6.07) is 3.89. The third-order valence-corrected chi connectivity index (χ3v) is 3.70. The zero-order valence-corrected chi connectivity index (χ0v) is 10.5. The van der Waals surface area contributed by atoms with Crippen molar-refractivity contribution in [2.75, 3.05) is 6.61 Å². The van der Waals surface area contributed by atoms with Crippen LogP contribution in [0.5, 0.6) is 0 Å². The van der Waals surface area contributed by atoms with Crippen LogP contribution in [0.4, 0.5) is 8.78 Å². The van der Waals surface area contributed by atoms with Gasteiger partial charge in [0, 0.05) is 24.8 Å². The van der Waals surface area contributed by atoms with Crippen molar-refractivity contribution >= 4 is 0 Å². The molecule has 102 valence electrons. The SMILES string of the molecule is N#Cc1cc(F)c(CNC2CCCC2CO)c(F)c1. The van der Waals surface area contributed by atoms with Crippen LogP contribution in [-0.4, -0.2) is 17.8 Å². The van der Waals surface area contributed by atoms with Gasteiger partial charge in [0.1, 0.15) is 11.6 Å². The normalized spacial score (nSPS) is 22.4. The van der Waals surface area contributed by atoms with Crippen LogP contribution in [-0.2, 0) is 6.54 Å². The van der Waals surface area contributed by atoms with Crippen molar-refractivity contribution in [1.82, 2.24) is 5.32 Å². The molecule has 0 saturated heterocycles. The number of hydrogen-bond donors (Lipinski definition) is 2. The van der Waals surface area contributed by atoms with Crippen LogP contribution in [0.3, 0.4) is 0 Å². The lowest BCUT2D eigenvalue weighted by atomic mass is 10.0. The number of aliphatic hydroxyl groups excluding tert-OH is 1. The lowest BCUT2D eigenvalue weighted by molar-refractivity contribution is 0.204. The van der Waals surface area contributed by atoms with Gasteiger partial charge in [-0.3, -0.25) is 0 Å². The number of hydrogen-bond acceptors (Lipinski definition) is 3. The fourth-order valence-corrected chi connectivity index (χ4v) is 2.59. The Kier molecular flexibility index (Phi) is 4.46. The maximum atomic E-state index is 13.7. The van der Waals surface area contributed by atoms with Crippen molar-refractivity contribution in [3.63, 3.8) is 0 Å². The molecule has 1 aromatic carbocycles. The maximum Gasteiger partial charge on any atom is 0.131 e. The van der Waals surface area contributed by atoms with Gasteiger partial charge in [-0.25, -0.2) is 8.78 Å². The molecule has 2 unspecified atom stereocenters. The Morgan fingerprint density at radius 2 is 2.00 bits per heavy atom. The summed E-state index contributed by atoms with van der Waals surface area (Å²) in [6.07, 6.45) is 2.86. The Balaban J connectivity index is 2.06. The lowest BCUT2D eigenvalue weighted by Gasteiger charge is -2.19. The minimum atomic E-state index is -0.706. The molecule has 1 aromatic rings. The molecule has 1 fully saturated rings. The van der Waals surface area contributed by atoms with E-state index in [-0.39, 0.29) is 36.2 Å². The topological polar surface area (TPSA) is 56.0 Å². The number of nitrogens with zero attached hydrogens (tertiary/aromatic N) is 1. The molecule has 2 rings (SSSR count). The summed E-state index contributed by atoms with van der Waals surface area (Å²) < 4.78 is 27.3. The molecule has 19 heavy (non-hydrogen) atoms. The molecule has 0 aromatic heterocycles. The largest absolute Gasteiger partial charge is 0.396 e. The van der Waals surface area contributed by atoms with E-state index in [1.54, 1.807) is 6.07 Å². The van der Waals surface area contributed by atoms with Gasteiger partial charge in [0.25, 0.3) is 0 Å². The number of rotatable bonds is 4. The fourth-order valence-electron chi connectivity index (χ4n) is 2.59. The number of halogens is 2. The van der Waals surface area contributed by atoms with E-state index in [0.29, 0.717) is 0 Å². The van der Waals surface area contributed by atoms with Crippen molar-refractivity contribution < 1.29 is 13.9 Å². The first-order chi connectivity index (χ1) is 9.15. The number of nitrogens with one attached hydrogen (secondary N) is 1. The van der Waals surface area contributed by atoms with E-state index >= 15 is 0 Å². The Bertz CT molecular complexity index is 476. The summed E-state index contributed by atoms with van der Waals surface area (Å²) in [4.78, 5) is 0. The van der Waals surface area contributed by atoms with Gasteiger partial charge in [-0.05, 0) is 30.9 Å². The second-order valence-electron chi connectivity index (χ2n) is 4.89. The van der Waals surface area contributed by atoms with E-state index in [1.807, 2.05) is 0 Å². The number of benzene rings is 1. The Hall–Kier alpha value is -1.51. The van der Waals surface area contributed by atoms with Gasteiger partial charge in [0.05, 0.1) is 11.6 Å². The molecular weight excluding hydrogens is 250 g/mol. The van der Waals surface area contributed by atoms with Gasteiger partial charge in [0.2, 0.25) is 0 Å². The highest BCUT2D eigenvalue weighted by Crippen LogP contribution is 2.25. The molecule has 0 heterocycles. The van der Waals surface area contributed by atoms with Gasteiger partial charge >= 0.3 is 0 Å². The zero-order valence-electron chi connectivity index (χ0n) is 10.5. The van der Waals surface area contributed by atoms with Crippen LogP contribution in [0.15, 0.2) is 12.1 Å². The van der Waals surface area contributed by atoms with E-state index in [9.17, 15) is 13.9 Å². The summed E-state index contributed by atoms with van der Waals surface area (Å²) in [5, 5.41) is 20.9. The van der Waals surface area contributed by atoms with E-state index < -0.39 is 11.6 Å². The number of aliphatic hydroxyl groups is 1. The van der Waals surface area contributed by atoms with E-state index in [1.165, 1.54) is 0 Å². The first kappa shape index (κ1) is 13.9. The van der Waals surface area contributed by atoms with Crippen LogP contribution >= 0.6 is 0 Å². The average Bonchev–Trinajstić information content (AvgIpc) is 2.85. The van der Waals surface area contributed by atoms with Crippen LogP contribution in [0.2, 0.25) is 0 Å². The van der Waals surface area contributed by atoms with Gasteiger partial charge in [-0.2, -0.15) is 5.26 Å². The number of nitriles is 1. The lowest BCUT2D eigenvalue weighted by Crippen LogP contribution is -2.34. The molecule has 3 nitrogen and oxygen atoms in total. The van der Waals surface area contributed by atoms with E-state index in [4.69, 9.17) is 5.26 Å². The first-order valence-electron chi connectivity index (χ1n) is 6.38. The summed E-state index contributed by atoms with van der Waals surface area (Å²) in [5.41, 5.74) is -0.0737. The smallest absolute Gasteiger partial charge is 0.131 e. The van der Waals surface area contributed by atoms with E-state index in [0.717, 1.165) is 31.4 Å². The zero-order chi connectivity index (χ0) is 13.8. The maximum absolute atomic E-state index is 13.7. The van der Waals surface area contributed by atoms with Crippen LogP contribution in [0, 0.1) is 28.9 Å².